The molecule has 1 amide bonds. The first-order valence-corrected chi connectivity index (χ1v) is 7.10. The zero-order valence-electron chi connectivity index (χ0n) is 13.0. The maximum atomic E-state index is 11.7. The lowest BCUT2D eigenvalue weighted by atomic mass is 10.1. The van der Waals surface area contributed by atoms with E-state index in [-0.39, 0.29) is 18.0 Å². The van der Waals surface area contributed by atoms with E-state index in [1.165, 1.54) is 18.3 Å². The molecule has 124 valence electrons. The summed E-state index contributed by atoms with van der Waals surface area (Å²) in [7, 11) is 1.57. The van der Waals surface area contributed by atoms with E-state index in [9.17, 15) is 14.7 Å². The van der Waals surface area contributed by atoms with Crippen molar-refractivity contribution in [3.8, 4) is 5.75 Å². The average Bonchev–Trinajstić information content (AvgIpc) is 2.60. The molecular formula is C17H16N3O4-. The van der Waals surface area contributed by atoms with E-state index in [1.54, 1.807) is 31.4 Å². The van der Waals surface area contributed by atoms with Crippen molar-refractivity contribution < 1.29 is 19.4 Å². The van der Waals surface area contributed by atoms with Gasteiger partial charge < -0.3 is 20.0 Å². The summed E-state index contributed by atoms with van der Waals surface area (Å²) in [6.07, 6.45) is 1.42. The molecule has 24 heavy (non-hydrogen) atoms. The Morgan fingerprint density at radius 1 is 1.21 bits per heavy atom. The molecule has 0 spiro atoms. The summed E-state index contributed by atoms with van der Waals surface area (Å²) < 4.78 is 5.09. The van der Waals surface area contributed by atoms with Crippen LogP contribution in [0.3, 0.4) is 0 Å². The topological polar surface area (TPSA) is 103 Å². The number of methoxy groups -OCH3 is 1. The third-order valence-corrected chi connectivity index (χ3v) is 3.07. The van der Waals surface area contributed by atoms with Crippen LogP contribution in [0.4, 0.5) is 5.69 Å². The number of anilines is 1. The predicted octanol–water partition coefficient (Wildman–Crippen LogP) is 0.621. The third kappa shape index (κ3) is 5.13. The summed E-state index contributed by atoms with van der Waals surface area (Å²) in [4.78, 5) is 22.3. The number of rotatable bonds is 7. The van der Waals surface area contributed by atoms with Crippen molar-refractivity contribution in [2.45, 2.75) is 0 Å². The van der Waals surface area contributed by atoms with Gasteiger partial charge in [0.2, 0.25) is 0 Å². The Balaban J connectivity index is 1.80. The lowest BCUT2D eigenvalue weighted by Crippen LogP contribution is -2.25. The van der Waals surface area contributed by atoms with Crippen LogP contribution in [0.2, 0.25) is 0 Å². The molecule has 0 saturated carbocycles. The van der Waals surface area contributed by atoms with Gasteiger partial charge in [0.15, 0.2) is 0 Å². The van der Waals surface area contributed by atoms with Crippen molar-refractivity contribution in [1.29, 1.82) is 0 Å². The van der Waals surface area contributed by atoms with Crippen molar-refractivity contribution in [2.75, 3.05) is 19.0 Å². The summed E-state index contributed by atoms with van der Waals surface area (Å²) in [6.45, 7) is 0.0497. The molecule has 0 aromatic heterocycles. The van der Waals surface area contributed by atoms with Crippen LogP contribution in [-0.4, -0.2) is 31.7 Å². The van der Waals surface area contributed by atoms with E-state index in [0.29, 0.717) is 11.3 Å². The van der Waals surface area contributed by atoms with Gasteiger partial charge in [0.25, 0.3) is 5.91 Å². The highest BCUT2D eigenvalue weighted by molar-refractivity contribution is 5.88. The number of amides is 1. The predicted molar refractivity (Wildman–Crippen MR) is 88.0 cm³/mol. The Morgan fingerprint density at radius 3 is 2.62 bits per heavy atom. The van der Waals surface area contributed by atoms with Crippen LogP contribution in [0, 0.1) is 0 Å². The largest absolute Gasteiger partial charge is 0.545 e. The number of nitrogens with zero attached hydrogens (tertiary/aromatic N) is 1. The van der Waals surface area contributed by atoms with E-state index >= 15 is 0 Å². The third-order valence-electron chi connectivity index (χ3n) is 3.07. The molecule has 0 radical (unpaired) electrons. The van der Waals surface area contributed by atoms with E-state index in [4.69, 9.17) is 4.74 Å². The fourth-order valence-electron chi connectivity index (χ4n) is 1.84. The summed E-state index contributed by atoms with van der Waals surface area (Å²) >= 11 is 0. The Bertz CT molecular complexity index is 742. The normalized spacial score (nSPS) is 10.4. The fourth-order valence-corrected chi connectivity index (χ4v) is 1.84. The monoisotopic (exact) mass is 326 g/mol. The zero-order valence-corrected chi connectivity index (χ0v) is 13.0. The van der Waals surface area contributed by atoms with Gasteiger partial charge in [0.05, 0.1) is 25.8 Å². The molecule has 0 fully saturated rings. The molecule has 0 atom stereocenters. The number of carbonyl (C=O) groups excluding carboxylic acids is 2. The SMILES string of the molecule is COc1cccc(NCC(=O)N/N=C\c2ccc(C(=O)[O-])cc2)c1. The number of benzene rings is 2. The van der Waals surface area contributed by atoms with E-state index < -0.39 is 5.97 Å². The summed E-state index contributed by atoms with van der Waals surface area (Å²) in [5, 5.41) is 17.4. The van der Waals surface area contributed by atoms with Gasteiger partial charge in [-0.05, 0) is 23.3 Å². The second kappa shape index (κ2) is 8.33. The van der Waals surface area contributed by atoms with Gasteiger partial charge in [-0.2, -0.15) is 5.10 Å². The molecule has 0 aliphatic rings. The minimum absolute atomic E-state index is 0.0497. The molecule has 2 N–H and O–H groups in total. The molecular weight excluding hydrogens is 310 g/mol. The maximum Gasteiger partial charge on any atom is 0.259 e. The molecule has 2 aromatic rings. The standard InChI is InChI=1S/C17H17N3O4/c1-24-15-4-2-3-14(9-15)18-11-16(21)20-19-10-12-5-7-13(8-6-12)17(22)23/h2-10,18H,11H2,1H3,(H,20,21)(H,22,23)/p-1/b19-10-. The van der Waals surface area contributed by atoms with Crippen LogP contribution in [-0.2, 0) is 4.79 Å². The van der Waals surface area contributed by atoms with Gasteiger partial charge in [0, 0.05) is 11.8 Å². The van der Waals surface area contributed by atoms with Crippen molar-refractivity contribution in [3.63, 3.8) is 0 Å². The Labute approximate surface area is 139 Å². The van der Waals surface area contributed by atoms with E-state index in [0.717, 1.165) is 5.69 Å². The molecule has 2 rings (SSSR count). The number of ether oxygens (including phenoxy) is 1. The molecule has 7 heteroatoms. The summed E-state index contributed by atoms with van der Waals surface area (Å²) in [5.41, 5.74) is 3.87. The molecule has 7 nitrogen and oxygen atoms in total. The maximum absolute atomic E-state index is 11.7. The van der Waals surface area contributed by atoms with Gasteiger partial charge in [-0.3, -0.25) is 4.79 Å². The number of hydrogen-bond acceptors (Lipinski definition) is 6. The number of carboxylic acid groups (broad SMARTS) is 1. The zero-order chi connectivity index (χ0) is 17.4. The van der Waals surface area contributed by atoms with Crippen LogP contribution in [0.25, 0.3) is 0 Å². The molecule has 0 aliphatic heterocycles. The van der Waals surface area contributed by atoms with Crippen molar-refractivity contribution in [2.24, 2.45) is 5.10 Å². The molecule has 0 aliphatic carbocycles. The first-order valence-electron chi connectivity index (χ1n) is 7.10. The van der Waals surface area contributed by atoms with Crippen LogP contribution < -0.4 is 20.6 Å². The fraction of sp³-hybridized carbons (Fsp3) is 0.118. The minimum Gasteiger partial charge on any atom is -0.545 e. The number of carboxylic acids is 1. The first-order chi connectivity index (χ1) is 11.6. The Kier molecular flexibility index (Phi) is 5.90. The number of carbonyl (C=O) groups is 2. The molecule has 2 aromatic carbocycles. The summed E-state index contributed by atoms with van der Waals surface area (Å²) in [6, 6.07) is 13.2. The molecule has 0 saturated heterocycles. The molecule has 0 unspecified atom stereocenters. The Hall–Kier alpha value is -3.35. The highest BCUT2D eigenvalue weighted by atomic mass is 16.5. The quantitative estimate of drug-likeness (QED) is 0.573. The molecule has 0 bridgehead atoms. The van der Waals surface area contributed by atoms with Crippen molar-refractivity contribution in [1.82, 2.24) is 5.43 Å². The van der Waals surface area contributed by atoms with Gasteiger partial charge in [-0.25, -0.2) is 5.43 Å². The van der Waals surface area contributed by atoms with Gasteiger partial charge in [0.1, 0.15) is 5.75 Å². The van der Waals surface area contributed by atoms with Crippen molar-refractivity contribution in [3.05, 3.63) is 59.7 Å². The van der Waals surface area contributed by atoms with Crippen LogP contribution >= 0.6 is 0 Å². The van der Waals surface area contributed by atoms with Gasteiger partial charge >= 0.3 is 0 Å². The lowest BCUT2D eigenvalue weighted by Gasteiger charge is -2.07. The highest BCUT2D eigenvalue weighted by Gasteiger charge is 2.00. The van der Waals surface area contributed by atoms with Gasteiger partial charge in [-0.15, -0.1) is 0 Å². The van der Waals surface area contributed by atoms with E-state index in [1.807, 2.05) is 12.1 Å². The van der Waals surface area contributed by atoms with Crippen LogP contribution in [0.1, 0.15) is 15.9 Å². The average molecular weight is 326 g/mol. The van der Waals surface area contributed by atoms with Crippen LogP contribution in [0.5, 0.6) is 5.75 Å². The van der Waals surface area contributed by atoms with Crippen LogP contribution in [0.15, 0.2) is 53.6 Å². The summed E-state index contributed by atoms with van der Waals surface area (Å²) in [5.74, 6) is -0.866. The first kappa shape index (κ1) is 17.0. The highest BCUT2D eigenvalue weighted by Crippen LogP contribution is 2.16. The lowest BCUT2D eigenvalue weighted by molar-refractivity contribution is -0.255. The smallest absolute Gasteiger partial charge is 0.259 e. The number of hydrogen-bond donors (Lipinski definition) is 2. The van der Waals surface area contributed by atoms with E-state index in [2.05, 4.69) is 15.8 Å². The molecule has 0 heterocycles. The minimum atomic E-state index is -1.24. The second-order valence-electron chi connectivity index (χ2n) is 4.79. The second-order valence-corrected chi connectivity index (χ2v) is 4.79. The van der Waals surface area contributed by atoms with Gasteiger partial charge in [-0.1, -0.05) is 30.3 Å². The number of aromatic carboxylic acids is 1. The number of nitrogens with one attached hydrogen (secondary N) is 2. The van der Waals surface area contributed by atoms with Crippen molar-refractivity contribution >= 4 is 23.8 Å². The Morgan fingerprint density at radius 2 is 1.96 bits per heavy atom. The number of hydrazone groups is 1.